The molecular weight excluding hydrogens is 198 g/mol. The normalized spacial score (nSPS) is 22.7. The van der Waals surface area contributed by atoms with Crippen molar-refractivity contribution in [2.75, 3.05) is 14.1 Å². The Morgan fingerprint density at radius 3 is 2.06 bits per heavy atom. The van der Waals surface area contributed by atoms with Gasteiger partial charge >= 0.3 is 0 Å². The molecule has 1 aliphatic rings. The van der Waals surface area contributed by atoms with Crippen LogP contribution in [0.1, 0.15) is 59.3 Å². The quantitative estimate of drug-likeness (QED) is 0.798. The largest absolute Gasteiger partial charge is 0.391 e. The summed E-state index contributed by atoms with van der Waals surface area (Å²) < 4.78 is 0. The van der Waals surface area contributed by atoms with Crippen LogP contribution in [0, 0.1) is 5.41 Å². The first-order valence-corrected chi connectivity index (χ1v) is 6.63. The molecule has 0 saturated heterocycles. The summed E-state index contributed by atoms with van der Waals surface area (Å²) >= 11 is 0. The molecule has 1 fully saturated rings. The lowest BCUT2D eigenvalue weighted by atomic mass is 9.81. The Labute approximate surface area is 101 Å². The van der Waals surface area contributed by atoms with E-state index in [2.05, 4.69) is 39.8 Å². The summed E-state index contributed by atoms with van der Waals surface area (Å²) in [6.45, 7) is 6.74. The van der Waals surface area contributed by atoms with Gasteiger partial charge in [-0.2, -0.15) is 0 Å². The molecule has 1 N–H and O–H groups in total. The Hall–Kier alpha value is -0.0800. The SMILES string of the molecule is CN(C)C1(C(O)CCC(C)(C)C)CCCC1. The first-order valence-electron chi connectivity index (χ1n) is 6.63. The van der Waals surface area contributed by atoms with E-state index < -0.39 is 0 Å². The fourth-order valence-electron chi connectivity index (χ4n) is 2.90. The van der Waals surface area contributed by atoms with Gasteiger partial charge in [0.1, 0.15) is 0 Å². The smallest absolute Gasteiger partial charge is 0.0723 e. The van der Waals surface area contributed by atoms with Crippen molar-refractivity contribution in [3.63, 3.8) is 0 Å². The molecule has 0 aliphatic heterocycles. The minimum absolute atomic E-state index is 0.0608. The summed E-state index contributed by atoms with van der Waals surface area (Å²) in [5.41, 5.74) is 0.387. The highest BCUT2D eigenvalue weighted by atomic mass is 16.3. The molecule has 1 saturated carbocycles. The van der Waals surface area contributed by atoms with Crippen LogP contribution in [0.3, 0.4) is 0 Å². The molecule has 96 valence electrons. The average Bonchev–Trinajstić information content (AvgIpc) is 2.62. The zero-order valence-corrected chi connectivity index (χ0v) is 11.7. The van der Waals surface area contributed by atoms with Crippen molar-refractivity contribution in [2.24, 2.45) is 5.41 Å². The summed E-state index contributed by atoms with van der Waals surface area (Å²) in [6.07, 6.45) is 6.72. The van der Waals surface area contributed by atoms with Gasteiger partial charge in [-0.25, -0.2) is 0 Å². The third-order valence-electron chi connectivity index (χ3n) is 4.15. The average molecular weight is 227 g/mol. The Bertz CT molecular complexity index is 211. The van der Waals surface area contributed by atoms with Gasteiger partial charge < -0.3 is 10.0 Å². The molecule has 0 aromatic rings. The van der Waals surface area contributed by atoms with Crippen molar-refractivity contribution in [2.45, 2.75) is 70.9 Å². The van der Waals surface area contributed by atoms with Crippen molar-refractivity contribution in [3.8, 4) is 0 Å². The maximum Gasteiger partial charge on any atom is 0.0723 e. The van der Waals surface area contributed by atoms with Crippen molar-refractivity contribution in [1.82, 2.24) is 4.90 Å². The van der Waals surface area contributed by atoms with E-state index in [4.69, 9.17) is 0 Å². The molecule has 0 aromatic heterocycles. The Morgan fingerprint density at radius 2 is 1.69 bits per heavy atom. The summed E-state index contributed by atoms with van der Waals surface area (Å²) in [5, 5.41) is 10.5. The highest BCUT2D eigenvalue weighted by molar-refractivity contribution is 4.98. The maximum atomic E-state index is 10.5. The number of nitrogens with zero attached hydrogens (tertiary/aromatic N) is 1. The maximum absolute atomic E-state index is 10.5. The van der Waals surface area contributed by atoms with Crippen molar-refractivity contribution < 1.29 is 5.11 Å². The second-order valence-electron chi connectivity index (χ2n) is 6.82. The van der Waals surface area contributed by atoms with Crippen LogP contribution in [-0.2, 0) is 0 Å². The summed E-state index contributed by atoms with van der Waals surface area (Å²) in [6, 6.07) is 0. The first kappa shape index (κ1) is 14.0. The topological polar surface area (TPSA) is 23.5 Å². The highest BCUT2D eigenvalue weighted by Crippen LogP contribution is 2.39. The van der Waals surface area contributed by atoms with Crippen LogP contribution in [0.2, 0.25) is 0 Å². The number of aliphatic hydroxyl groups is 1. The lowest BCUT2D eigenvalue weighted by Gasteiger charge is -2.41. The van der Waals surface area contributed by atoms with Crippen LogP contribution in [0.4, 0.5) is 0 Å². The van der Waals surface area contributed by atoms with Crippen LogP contribution in [0.25, 0.3) is 0 Å². The molecule has 0 radical (unpaired) electrons. The van der Waals surface area contributed by atoms with Crippen LogP contribution in [-0.4, -0.2) is 35.7 Å². The van der Waals surface area contributed by atoms with Gasteiger partial charge in [-0.15, -0.1) is 0 Å². The molecule has 1 rings (SSSR count). The molecule has 16 heavy (non-hydrogen) atoms. The van der Waals surface area contributed by atoms with Crippen molar-refractivity contribution >= 4 is 0 Å². The number of aliphatic hydroxyl groups excluding tert-OH is 1. The van der Waals surface area contributed by atoms with Gasteiger partial charge in [0.25, 0.3) is 0 Å². The zero-order valence-electron chi connectivity index (χ0n) is 11.7. The molecule has 1 atom stereocenters. The Kier molecular flexibility index (Phi) is 4.42. The van der Waals surface area contributed by atoms with E-state index in [0.717, 1.165) is 25.7 Å². The number of likely N-dealkylation sites (N-methyl/N-ethyl adjacent to an activating group) is 1. The molecule has 0 aromatic carbocycles. The highest BCUT2D eigenvalue weighted by Gasteiger charge is 2.42. The monoisotopic (exact) mass is 227 g/mol. The van der Waals surface area contributed by atoms with E-state index in [-0.39, 0.29) is 11.6 Å². The van der Waals surface area contributed by atoms with Crippen molar-refractivity contribution in [3.05, 3.63) is 0 Å². The number of hydrogen-bond donors (Lipinski definition) is 1. The van der Waals surface area contributed by atoms with Crippen LogP contribution >= 0.6 is 0 Å². The lowest BCUT2D eigenvalue weighted by molar-refractivity contribution is -0.0133. The van der Waals surface area contributed by atoms with Crippen molar-refractivity contribution in [1.29, 1.82) is 0 Å². The van der Waals surface area contributed by atoms with Crippen LogP contribution < -0.4 is 0 Å². The fraction of sp³-hybridized carbons (Fsp3) is 1.00. The molecule has 1 unspecified atom stereocenters. The van der Waals surface area contributed by atoms with Gasteiger partial charge in [0.05, 0.1) is 6.10 Å². The third kappa shape index (κ3) is 3.21. The first-order chi connectivity index (χ1) is 7.28. The molecular formula is C14H29NO. The predicted octanol–water partition coefficient (Wildman–Crippen LogP) is 3.05. The van der Waals surface area contributed by atoms with Gasteiger partial charge in [-0.1, -0.05) is 33.6 Å². The van der Waals surface area contributed by atoms with Gasteiger partial charge in [0.15, 0.2) is 0 Å². The third-order valence-corrected chi connectivity index (χ3v) is 4.15. The van der Waals surface area contributed by atoms with Crippen LogP contribution in [0.5, 0.6) is 0 Å². The summed E-state index contributed by atoms with van der Waals surface area (Å²) in [4.78, 5) is 2.26. The van der Waals surface area contributed by atoms with E-state index in [9.17, 15) is 5.11 Å². The van der Waals surface area contributed by atoms with E-state index in [1.54, 1.807) is 0 Å². The standard InChI is InChI=1S/C14H29NO/c1-13(2,3)11-8-12(16)14(15(4)5)9-6-7-10-14/h12,16H,6-11H2,1-5H3. The van der Waals surface area contributed by atoms with E-state index >= 15 is 0 Å². The van der Waals surface area contributed by atoms with Gasteiger partial charge in [0, 0.05) is 5.54 Å². The van der Waals surface area contributed by atoms with E-state index in [1.165, 1.54) is 12.8 Å². The molecule has 0 amide bonds. The minimum Gasteiger partial charge on any atom is -0.391 e. The van der Waals surface area contributed by atoms with E-state index in [0.29, 0.717) is 5.41 Å². The second-order valence-corrected chi connectivity index (χ2v) is 6.82. The summed E-state index contributed by atoms with van der Waals surface area (Å²) in [5.74, 6) is 0. The molecule has 0 bridgehead atoms. The number of hydrogen-bond acceptors (Lipinski definition) is 2. The zero-order chi connectivity index (χ0) is 12.4. The predicted molar refractivity (Wildman–Crippen MR) is 69.6 cm³/mol. The van der Waals surface area contributed by atoms with Gasteiger partial charge in [-0.05, 0) is 45.2 Å². The minimum atomic E-state index is -0.163. The Morgan fingerprint density at radius 1 is 1.19 bits per heavy atom. The summed E-state index contributed by atoms with van der Waals surface area (Å²) in [7, 11) is 4.23. The van der Waals surface area contributed by atoms with Gasteiger partial charge in [-0.3, -0.25) is 0 Å². The van der Waals surface area contributed by atoms with Gasteiger partial charge in [0.2, 0.25) is 0 Å². The molecule has 2 heteroatoms. The van der Waals surface area contributed by atoms with E-state index in [1.807, 2.05) is 0 Å². The fourth-order valence-corrected chi connectivity index (χ4v) is 2.90. The number of rotatable bonds is 4. The molecule has 0 spiro atoms. The Balaban J connectivity index is 2.59. The molecule has 2 nitrogen and oxygen atoms in total. The van der Waals surface area contributed by atoms with Crippen LogP contribution in [0.15, 0.2) is 0 Å². The lowest BCUT2D eigenvalue weighted by Crippen LogP contribution is -2.51. The molecule has 0 heterocycles. The second kappa shape index (κ2) is 5.05. The molecule has 1 aliphatic carbocycles.